The molecule has 0 saturated carbocycles. The van der Waals surface area contributed by atoms with Crippen molar-refractivity contribution in [1.29, 1.82) is 0 Å². The van der Waals surface area contributed by atoms with Crippen molar-refractivity contribution in [2.45, 2.75) is 6.42 Å². The first-order valence-electron chi connectivity index (χ1n) is 8.18. The lowest BCUT2D eigenvalue weighted by Gasteiger charge is -2.23. The number of carbonyl (C=O) groups is 2. The summed E-state index contributed by atoms with van der Waals surface area (Å²) in [5, 5.41) is 7.84. The molecule has 25 heavy (non-hydrogen) atoms. The number of nitrogens with zero attached hydrogens (tertiary/aromatic N) is 4. The summed E-state index contributed by atoms with van der Waals surface area (Å²) in [4.78, 5) is 27.9. The Labute approximate surface area is 146 Å². The highest BCUT2D eigenvalue weighted by molar-refractivity contribution is 6.50. The van der Waals surface area contributed by atoms with Crippen LogP contribution in [0.3, 0.4) is 0 Å². The number of ketones is 2. The number of rotatable bonds is 5. The Morgan fingerprint density at radius 1 is 1.24 bits per heavy atom. The normalized spacial score (nSPS) is 16.8. The van der Waals surface area contributed by atoms with Crippen LogP contribution in [-0.2, 0) is 9.59 Å². The van der Waals surface area contributed by atoms with E-state index >= 15 is 0 Å². The van der Waals surface area contributed by atoms with E-state index in [9.17, 15) is 9.59 Å². The minimum atomic E-state index is -0.264. The first-order valence-corrected chi connectivity index (χ1v) is 8.18. The standard InChI is InChI=1S/C18H22N5O2/c1-23(2,3)11-9-19-18-17(15-6-4-5-10-22(15)21-18)20-14-8-7-13(24)12-16(14)25/h4-8,10H,9,11-12H2,1-3H3,(H,19,21)/q+1. The average molecular weight is 340 g/mol. The molecule has 0 atom stereocenters. The fourth-order valence-electron chi connectivity index (χ4n) is 2.52. The molecule has 0 spiro atoms. The molecule has 2 aromatic rings. The second-order valence-corrected chi connectivity index (χ2v) is 7.07. The van der Waals surface area contributed by atoms with Crippen molar-refractivity contribution in [2.24, 2.45) is 4.99 Å². The molecule has 2 heterocycles. The van der Waals surface area contributed by atoms with Crippen LogP contribution in [0.2, 0.25) is 0 Å². The topological polar surface area (TPSA) is 75.8 Å². The zero-order chi connectivity index (χ0) is 18.0. The first kappa shape index (κ1) is 17.0. The van der Waals surface area contributed by atoms with Crippen molar-refractivity contribution in [3.8, 4) is 0 Å². The summed E-state index contributed by atoms with van der Waals surface area (Å²) in [6.07, 6.45) is 4.59. The fraction of sp³-hybridized carbons (Fsp3) is 0.333. The number of fused-ring (bicyclic) bond motifs is 1. The molecule has 7 nitrogen and oxygen atoms in total. The molecule has 0 radical (unpaired) electrons. The highest BCUT2D eigenvalue weighted by Crippen LogP contribution is 2.30. The largest absolute Gasteiger partial charge is 0.361 e. The van der Waals surface area contributed by atoms with Crippen molar-refractivity contribution in [1.82, 2.24) is 9.61 Å². The Balaban J connectivity index is 1.97. The fourth-order valence-corrected chi connectivity index (χ4v) is 2.52. The first-order chi connectivity index (χ1) is 11.8. The van der Waals surface area contributed by atoms with Gasteiger partial charge in [-0.25, -0.2) is 9.51 Å². The van der Waals surface area contributed by atoms with Gasteiger partial charge in [-0.3, -0.25) is 9.59 Å². The number of aromatic nitrogens is 2. The molecule has 7 heteroatoms. The molecule has 1 aliphatic rings. The van der Waals surface area contributed by atoms with E-state index in [0.29, 0.717) is 11.5 Å². The molecule has 0 amide bonds. The summed E-state index contributed by atoms with van der Waals surface area (Å²) in [6, 6.07) is 5.69. The minimum absolute atomic E-state index is 0.126. The maximum atomic E-state index is 12.1. The van der Waals surface area contributed by atoms with E-state index in [0.717, 1.165) is 23.1 Å². The predicted molar refractivity (Wildman–Crippen MR) is 97.4 cm³/mol. The Morgan fingerprint density at radius 2 is 2.04 bits per heavy atom. The van der Waals surface area contributed by atoms with Crippen LogP contribution >= 0.6 is 0 Å². The third kappa shape index (κ3) is 4.00. The monoisotopic (exact) mass is 340 g/mol. The summed E-state index contributed by atoms with van der Waals surface area (Å²) < 4.78 is 2.56. The zero-order valence-corrected chi connectivity index (χ0v) is 14.7. The Bertz CT molecular complexity index is 886. The number of carbonyl (C=O) groups excluding carboxylic acids is 2. The summed E-state index contributed by atoms with van der Waals surface area (Å²) >= 11 is 0. The van der Waals surface area contributed by atoms with Crippen molar-refractivity contribution in [2.75, 3.05) is 39.5 Å². The van der Waals surface area contributed by atoms with Gasteiger partial charge >= 0.3 is 0 Å². The molecule has 3 rings (SSSR count). The maximum absolute atomic E-state index is 12.1. The summed E-state index contributed by atoms with van der Waals surface area (Å²) in [7, 11) is 6.36. The molecular formula is C18H22N5O2+. The van der Waals surface area contributed by atoms with Gasteiger partial charge in [0.25, 0.3) is 0 Å². The molecule has 0 aliphatic heterocycles. The molecule has 0 saturated heterocycles. The van der Waals surface area contributed by atoms with Crippen molar-refractivity contribution in [3.05, 3.63) is 36.5 Å². The number of pyridine rings is 1. The van der Waals surface area contributed by atoms with Gasteiger partial charge in [0.2, 0.25) is 0 Å². The van der Waals surface area contributed by atoms with Crippen molar-refractivity contribution < 1.29 is 14.1 Å². The molecule has 0 fully saturated rings. The number of Topliss-reactive ketones (excluding diaryl/α,β-unsaturated/α-hetero) is 1. The second kappa shape index (κ2) is 6.60. The average Bonchev–Trinajstić information content (AvgIpc) is 2.87. The summed E-state index contributed by atoms with van der Waals surface area (Å²) in [5.74, 6) is 0.176. The lowest BCUT2D eigenvalue weighted by atomic mass is 10.0. The van der Waals surface area contributed by atoms with Gasteiger partial charge in [0, 0.05) is 6.20 Å². The van der Waals surface area contributed by atoms with E-state index in [1.54, 1.807) is 4.52 Å². The number of nitrogens with one attached hydrogen (secondary N) is 1. The quantitative estimate of drug-likeness (QED) is 0.663. The number of hydrogen-bond donors (Lipinski definition) is 1. The minimum Gasteiger partial charge on any atom is -0.361 e. The summed E-state index contributed by atoms with van der Waals surface area (Å²) in [6.45, 7) is 1.64. The molecule has 130 valence electrons. The van der Waals surface area contributed by atoms with Gasteiger partial charge in [-0.05, 0) is 24.3 Å². The van der Waals surface area contributed by atoms with E-state index < -0.39 is 0 Å². The number of anilines is 1. The number of quaternary nitrogens is 1. The third-order valence-electron chi connectivity index (χ3n) is 3.87. The number of allylic oxidation sites excluding steroid dienone is 2. The number of likely N-dealkylation sites (N-methyl/N-ethyl adjacent to an activating group) is 1. The summed E-state index contributed by atoms with van der Waals surface area (Å²) in [5.41, 5.74) is 1.71. The smallest absolute Gasteiger partial charge is 0.188 e. The van der Waals surface area contributed by atoms with Crippen LogP contribution in [0.5, 0.6) is 0 Å². The predicted octanol–water partition coefficient (Wildman–Crippen LogP) is 1.62. The van der Waals surface area contributed by atoms with Crippen molar-refractivity contribution in [3.63, 3.8) is 0 Å². The van der Waals surface area contributed by atoms with Crippen LogP contribution in [0.15, 0.2) is 41.5 Å². The molecular weight excluding hydrogens is 318 g/mol. The van der Waals surface area contributed by atoms with E-state index in [1.165, 1.54) is 12.2 Å². The molecule has 1 aliphatic carbocycles. The van der Waals surface area contributed by atoms with Crippen LogP contribution in [0.25, 0.3) is 5.52 Å². The van der Waals surface area contributed by atoms with Crippen LogP contribution in [-0.4, -0.2) is 65.6 Å². The lowest BCUT2D eigenvalue weighted by Crippen LogP contribution is -2.38. The highest BCUT2D eigenvalue weighted by Gasteiger charge is 2.20. The lowest BCUT2D eigenvalue weighted by molar-refractivity contribution is -0.868. The van der Waals surface area contributed by atoms with E-state index in [2.05, 4.69) is 36.6 Å². The van der Waals surface area contributed by atoms with Crippen LogP contribution < -0.4 is 5.32 Å². The SMILES string of the molecule is C[N+](C)(C)CCNc1nn2ccccc2c1N=C1C=CC(=O)CC1=O. The molecule has 1 N–H and O–H groups in total. The second-order valence-electron chi connectivity index (χ2n) is 7.07. The van der Waals surface area contributed by atoms with E-state index in [1.807, 2.05) is 24.4 Å². The van der Waals surface area contributed by atoms with E-state index in [4.69, 9.17) is 0 Å². The van der Waals surface area contributed by atoms with Gasteiger partial charge in [0.05, 0.1) is 46.2 Å². The van der Waals surface area contributed by atoms with Crippen LogP contribution in [0, 0.1) is 0 Å². The van der Waals surface area contributed by atoms with Gasteiger partial charge in [0.15, 0.2) is 17.4 Å². The highest BCUT2D eigenvalue weighted by atomic mass is 16.1. The van der Waals surface area contributed by atoms with Crippen LogP contribution in [0.1, 0.15) is 6.42 Å². The van der Waals surface area contributed by atoms with E-state index in [-0.39, 0.29) is 23.7 Å². The molecule has 0 bridgehead atoms. The number of aliphatic imine (C=N–C) groups is 1. The Morgan fingerprint density at radius 3 is 2.76 bits per heavy atom. The van der Waals surface area contributed by atoms with Gasteiger partial charge in [-0.15, -0.1) is 5.10 Å². The maximum Gasteiger partial charge on any atom is 0.188 e. The van der Waals surface area contributed by atoms with Gasteiger partial charge in [-0.1, -0.05) is 6.07 Å². The Hall–Kier alpha value is -2.80. The third-order valence-corrected chi connectivity index (χ3v) is 3.87. The van der Waals surface area contributed by atoms with Crippen molar-refractivity contribution >= 4 is 34.3 Å². The van der Waals surface area contributed by atoms with Gasteiger partial charge in [-0.2, -0.15) is 0 Å². The Kier molecular flexibility index (Phi) is 4.50. The molecule has 0 aromatic carbocycles. The molecule has 2 aromatic heterocycles. The van der Waals surface area contributed by atoms with Crippen LogP contribution in [0.4, 0.5) is 11.5 Å². The molecule has 0 unspecified atom stereocenters. The van der Waals surface area contributed by atoms with Gasteiger partial charge in [0.1, 0.15) is 11.4 Å². The van der Waals surface area contributed by atoms with Gasteiger partial charge < -0.3 is 9.80 Å². The zero-order valence-electron chi connectivity index (χ0n) is 14.7. The number of hydrogen-bond acceptors (Lipinski definition) is 5.